The molecule has 2 aromatic heterocycles. The van der Waals surface area contributed by atoms with Crippen LogP contribution >= 0.6 is 0 Å². The highest BCUT2D eigenvalue weighted by Crippen LogP contribution is 2.26. The van der Waals surface area contributed by atoms with Gasteiger partial charge in [0.1, 0.15) is 0 Å². The number of furan rings is 1. The monoisotopic (exact) mass is 304 g/mol. The van der Waals surface area contributed by atoms with Crippen molar-refractivity contribution < 1.29 is 13.9 Å². The third-order valence-electron chi connectivity index (χ3n) is 3.55. The number of ether oxygens (including phenoxy) is 1. The smallest absolute Gasteiger partial charge is 0.322 e. The van der Waals surface area contributed by atoms with E-state index in [1.54, 1.807) is 28.1 Å². The molecule has 1 aliphatic rings. The second-order valence-corrected chi connectivity index (χ2v) is 5.60. The fourth-order valence-corrected chi connectivity index (χ4v) is 2.53. The Bertz CT molecular complexity index is 635. The summed E-state index contributed by atoms with van der Waals surface area (Å²) >= 11 is 0. The number of anilines is 1. The lowest BCUT2D eigenvalue weighted by atomic mass is 10.2. The number of aromatic nitrogens is 2. The molecule has 118 valence electrons. The number of rotatable bonds is 2. The van der Waals surface area contributed by atoms with Crippen LogP contribution in [0.5, 0.6) is 0 Å². The van der Waals surface area contributed by atoms with Crippen molar-refractivity contribution in [1.82, 2.24) is 14.7 Å². The van der Waals surface area contributed by atoms with Gasteiger partial charge in [0.05, 0.1) is 25.2 Å². The zero-order valence-corrected chi connectivity index (χ0v) is 12.8. The van der Waals surface area contributed by atoms with Crippen LogP contribution in [0.2, 0.25) is 0 Å². The Morgan fingerprint density at radius 3 is 3.14 bits per heavy atom. The van der Waals surface area contributed by atoms with Gasteiger partial charge in [-0.15, -0.1) is 0 Å². The number of urea groups is 1. The van der Waals surface area contributed by atoms with E-state index >= 15 is 0 Å². The zero-order chi connectivity index (χ0) is 15.5. The number of amides is 2. The van der Waals surface area contributed by atoms with E-state index in [-0.39, 0.29) is 6.03 Å². The Balaban J connectivity index is 1.76. The van der Waals surface area contributed by atoms with Gasteiger partial charge >= 0.3 is 6.03 Å². The number of carbonyl (C=O) groups is 1. The SMILES string of the molecule is CC1COCCN(C(=O)Nc2cn(C)nc2-c2ccco2)C1. The van der Waals surface area contributed by atoms with Crippen LogP contribution in [0.25, 0.3) is 11.5 Å². The molecule has 1 atom stereocenters. The Kier molecular flexibility index (Phi) is 4.15. The largest absolute Gasteiger partial charge is 0.463 e. The van der Waals surface area contributed by atoms with Crippen LogP contribution in [0.15, 0.2) is 29.0 Å². The van der Waals surface area contributed by atoms with Crippen molar-refractivity contribution in [2.75, 3.05) is 31.6 Å². The summed E-state index contributed by atoms with van der Waals surface area (Å²) in [6, 6.07) is 3.47. The fourth-order valence-electron chi connectivity index (χ4n) is 2.53. The van der Waals surface area contributed by atoms with E-state index < -0.39 is 0 Å². The molecule has 1 aliphatic heterocycles. The second-order valence-electron chi connectivity index (χ2n) is 5.60. The predicted molar refractivity (Wildman–Crippen MR) is 81.5 cm³/mol. The molecule has 22 heavy (non-hydrogen) atoms. The lowest BCUT2D eigenvalue weighted by molar-refractivity contribution is 0.127. The number of carbonyl (C=O) groups excluding carboxylic acids is 1. The van der Waals surface area contributed by atoms with Crippen LogP contribution in [0.1, 0.15) is 6.92 Å². The van der Waals surface area contributed by atoms with Crippen LogP contribution < -0.4 is 5.32 Å². The third kappa shape index (κ3) is 3.14. The summed E-state index contributed by atoms with van der Waals surface area (Å²) in [6.45, 7) is 4.60. The molecule has 0 aliphatic carbocycles. The van der Waals surface area contributed by atoms with Crippen molar-refractivity contribution in [1.29, 1.82) is 0 Å². The Hall–Kier alpha value is -2.28. The van der Waals surface area contributed by atoms with Gasteiger partial charge in [-0.3, -0.25) is 4.68 Å². The van der Waals surface area contributed by atoms with Crippen molar-refractivity contribution in [3.63, 3.8) is 0 Å². The summed E-state index contributed by atoms with van der Waals surface area (Å²) in [7, 11) is 1.81. The molecule has 3 rings (SSSR count). The highest BCUT2D eigenvalue weighted by molar-refractivity contribution is 5.92. The van der Waals surface area contributed by atoms with Gasteiger partial charge in [-0.2, -0.15) is 5.10 Å². The highest BCUT2D eigenvalue weighted by atomic mass is 16.5. The molecule has 2 aromatic rings. The molecule has 7 heteroatoms. The predicted octanol–water partition coefficient (Wildman–Crippen LogP) is 2.18. The highest BCUT2D eigenvalue weighted by Gasteiger charge is 2.22. The molecule has 0 aromatic carbocycles. The minimum absolute atomic E-state index is 0.141. The molecule has 7 nitrogen and oxygen atoms in total. The van der Waals surface area contributed by atoms with Crippen molar-refractivity contribution in [3.05, 3.63) is 24.6 Å². The first-order valence-electron chi connectivity index (χ1n) is 7.34. The first-order valence-corrected chi connectivity index (χ1v) is 7.34. The molecular formula is C15H20N4O3. The minimum atomic E-state index is -0.141. The van der Waals surface area contributed by atoms with Crippen molar-refractivity contribution >= 4 is 11.7 Å². The van der Waals surface area contributed by atoms with E-state index in [0.717, 1.165) is 0 Å². The van der Waals surface area contributed by atoms with Crippen LogP contribution in [-0.4, -0.2) is 47.0 Å². The van der Waals surface area contributed by atoms with E-state index in [9.17, 15) is 4.79 Å². The lowest BCUT2D eigenvalue weighted by Gasteiger charge is -2.22. The fraction of sp³-hybridized carbons (Fsp3) is 0.467. The second kappa shape index (κ2) is 6.23. The molecule has 0 bridgehead atoms. The maximum absolute atomic E-state index is 12.5. The van der Waals surface area contributed by atoms with Gasteiger partial charge < -0.3 is 19.4 Å². The summed E-state index contributed by atoms with van der Waals surface area (Å²) in [6.07, 6.45) is 3.36. The molecule has 0 spiro atoms. The number of nitrogens with one attached hydrogen (secondary N) is 1. The van der Waals surface area contributed by atoms with Crippen LogP contribution in [0.4, 0.5) is 10.5 Å². The zero-order valence-electron chi connectivity index (χ0n) is 12.8. The summed E-state index contributed by atoms with van der Waals surface area (Å²) in [5, 5.41) is 7.28. The van der Waals surface area contributed by atoms with Gasteiger partial charge in [0, 0.05) is 26.3 Å². The molecule has 1 saturated heterocycles. The van der Waals surface area contributed by atoms with Crippen molar-refractivity contribution in [2.45, 2.75) is 6.92 Å². The standard InChI is InChI=1S/C15H20N4O3/c1-11-8-19(5-7-21-10-11)15(20)16-12-9-18(2)17-14(12)13-4-3-6-22-13/h3-4,6,9,11H,5,7-8,10H2,1-2H3,(H,16,20). The average molecular weight is 304 g/mol. The molecule has 2 amide bonds. The lowest BCUT2D eigenvalue weighted by Crippen LogP contribution is -2.38. The molecule has 1 unspecified atom stereocenters. The Morgan fingerprint density at radius 1 is 1.50 bits per heavy atom. The quantitative estimate of drug-likeness (QED) is 0.923. The first-order chi connectivity index (χ1) is 10.6. The summed E-state index contributed by atoms with van der Waals surface area (Å²) < 4.78 is 12.5. The number of nitrogens with zero attached hydrogens (tertiary/aromatic N) is 3. The van der Waals surface area contributed by atoms with Gasteiger partial charge in [-0.05, 0) is 18.1 Å². The van der Waals surface area contributed by atoms with Crippen molar-refractivity contribution in [2.24, 2.45) is 13.0 Å². The van der Waals surface area contributed by atoms with E-state index in [4.69, 9.17) is 9.15 Å². The topological polar surface area (TPSA) is 72.5 Å². The molecule has 1 N–H and O–H groups in total. The van der Waals surface area contributed by atoms with Gasteiger partial charge in [-0.1, -0.05) is 6.92 Å². The molecular weight excluding hydrogens is 284 g/mol. The average Bonchev–Trinajstić information content (AvgIpc) is 3.06. The number of aryl methyl sites for hydroxylation is 1. The van der Waals surface area contributed by atoms with Crippen LogP contribution in [0, 0.1) is 5.92 Å². The van der Waals surface area contributed by atoms with Gasteiger partial charge in [-0.25, -0.2) is 4.79 Å². The van der Waals surface area contributed by atoms with E-state index in [2.05, 4.69) is 17.3 Å². The number of hydrogen-bond donors (Lipinski definition) is 1. The van der Waals surface area contributed by atoms with E-state index in [0.29, 0.717) is 49.4 Å². The molecule has 0 saturated carbocycles. The first kappa shape index (κ1) is 14.6. The third-order valence-corrected chi connectivity index (χ3v) is 3.55. The molecule has 0 radical (unpaired) electrons. The normalized spacial score (nSPS) is 19.0. The number of hydrogen-bond acceptors (Lipinski definition) is 4. The molecule has 1 fully saturated rings. The van der Waals surface area contributed by atoms with E-state index in [1.165, 1.54) is 0 Å². The Morgan fingerprint density at radius 2 is 2.36 bits per heavy atom. The minimum Gasteiger partial charge on any atom is -0.463 e. The van der Waals surface area contributed by atoms with Crippen LogP contribution in [0.3, 0.4) is 0 Å². The van der Waals surface area contributed by atoms with Gasteiger partial charge in [0.2, 0.25) is 0 Å². The summed E-state index contributed by atoms with van der Waals surface area (Å²) in [4.78, 5) is 14.3. The maximum Gasteiger partial charge on any atom is 0.322 e. The summed E-state index contributed by atoms with van der Waals surface area (Å²) in [5.74, 6) is 0.954. The van der Waals surface area contributed by atoms with Crippen molar-refractivity contribution in [3.8, 4) is 11.5 Å². The van der Waals surface area contributed by atoms with E-state index in [1.807, 2.05) is 13.1 Å². The van der Waals surface area contributed by atoms with Gasteiger partial charge in [0.15, 0.2) is 11.5 Å². The summed E-state index contributed by atoms with van der Waals surface area (Å²) in [5.41, 5.74) is 1.26. The van der Waals surface area contributed by atoms with Gasteiger partial charge in [0.25, 0.3) is 0 Å². The van der Waals surface area contributed by atoms with Crippen LogP contribution in [-0.2, 0) is 11.8 Å². The maximum atomic E-state index is 12.5. The Labute approximate surface area is 128 Å². The molecule has 3 heterocycles.